The summed E-state index contributed by atoms with van der Waals surface area (Å²) in [5.74, 6) is -0.100. The Hall–Kier alpha value is -4.61. The third-order valence-corrected chi connectivity index (χ3v) is 8.54. The van der Waals surface area contributed by atoms with Gasteiger partial charge in [0.25, 0.3) is 12.4 Å². The predicted molar refractivity (Wildman–Crippen MR) is 159 cm³/mol. The van der Waals surface area contributed by atoms with E-state index < -0.39 is 25.8 Å². The first-order valence-corrected chi connectivity index (χ1v) is 16.4. The van der Waals surface area contributed by atoms with E-state index >= 15 is 0 Å². The molecule has 0 spiro atoms. The fraction of sp³-hybridized carbons (Fsp3) is 0.269. The van der Waals surface area contributed by atoms with E-state index in [0.29, 0.717) is 53.0 Å². The van der Waals surface area contributed by atoms with Gasteiger partial charge in [0, 0.05) is 36.8 Å². The molecule has 1 aromatic carbocycles. The number of carbonyl (C=O) groups excluding carboxylic acids is 1. The second-order valence-electron chi connectivity index (χ2n) is 9.51. The number of aromatic nitrogens is 4. The monoisotopic (exact) mass is 631 g/mol. The van der Waals surface area contributed by atoms with Crippen molar-refractivity contribution in [3.63, 3.8) is 0 Å². The van der Waals surface area contributed by atoms with Gasteiger partial charge in [-0.15, -0.1) is 0 Å². The minimum atomic E-state index is -3.59. The van der Waals surface area contributed by atoms with Gasteiger partial charge in [0.1, 0.15) is 11.4 Å². The van der Waals surface area contributed by atoms with Gasteiger partial charge in [0.2, 0.25) is 15.9 Å². The van der Waals surface area contributed by atoms with Gasteiger partial charge in [0.15, 0.2) is 9.84 Å². The van der Waals surface area contributed by atoms with Crippen molar-refractivity contribution in [3.05, 3.63) is 60.2 Å². The Balaban J connectivity index is 0.00000135. The highest BCUT2D eigenvalue weighted by Crippen LogP contribution is 2.33. The number of sulfone groups is 1. The molecular formula is C26H29N7O8S2. The maximum absolute atomic E-state index is 13.2. The first-order chi connectivity index (χ1) is 20.4. The SMILES string of the molecule is COc1ncc(-c2cc(NC(=O)c3cccc(CN4CCS(=O)(=O)CC4)n3)c3cn[nH]c3c2)cc1NS(C)(=O)=O.O=CO. The van der Waals surface area contributed by atoms with Crippen LogP contribution in [0.4, 0.5) is 11.4 Å². The molecule has 5 rings (SSSR count). The molecule has 43 heavy (non-hydrogen) atoms. The standard InChI is InChI=1S/C25H27N7O6S2.CH2O2/c1-38-25-23(31-39(2,34)35)12-17(13-26-25)16-10-21(19-14-27-30-22(19)11-16)29-24(33)20-5-3-4-18(28-20)15-32-6-8-40(36,37)9-7-32;2-1-3/h3-5,10-14,31H,6-9,15H2,1-2H3,(H,27,30)(H,29,33);1H,(H,2,3). The van der Waals surface area contributed by atoms with E-state index in [-0.39, 0.29) is 35.2 Å². The molecule has 4 heterocycles. The minimum absolute atomic E-state index is 0.111. The van der Waals surface area contributed by atoms with Crippen LogP contribution in [0.15, 0.2) is 48.8 Å². The van der Waals surface area contributed by atoms with E-state index in [1.807, 2.05) is 11.0 Å². The molecule has 1 aliphatic rings. The molecule has 228 valence electrons. The summed E-state index contributed by atoms with van der Waals surface area (Å²) in [7, 11) is -5.19. The van der Waals surface area contributed by atoms with Crippen molar-refractivity contribution in [2.24, 2.45) is 0 Å². The molecule has 0 bridgehead atoms. The van der Waals surface area contributed by atoms with Crippen molar-refractivity contribution >= 4 is 54.5 Å². The highest BCUT2D eigenvalue weighted by atomic mass is 32.2. The molecule has 0 unspecified atom stereocenters. The number of aromatic amines is 1. The molecule has 15 nitrogen and oxygen atoms in total. The molecule has 1 aliphatic heterocycles. The Bertz CT molecular complexity index is 1850. The fourth-order valence-electron chi connectivity index (χ4n) is 4.38. The van der Waals surface area contributed by atoms with Crippen LogP contribution in [-0.4, -0.2) is 97.3 Å². The average Bonchev–Trinajstić information content (AvgIpc) is 3.43. The van der Waals surface area contributed by atoms with Crippen LogP contribution >= 0.6 is 0 Å². The van der Waals surface area contributed by atoms with Crippen LogP contribution in [0.3, 0.4) is 0 Å². The molecule has 3 aromatic heterocycles. The van der Waals surface area contributed by atoms with E-state index in [2.05, 4.69) is 30.2 Å². The van der Waals surface area contributed by atoms with Crippen LogP contribution in [0.2, 0.25) is 0 Å². The summed E-state index contributed by atoms with van der Waals surface area (Å²) in [5.41, 5.74) is 3.35. The van der Waals surface area contributed by atoms with Crippen LogP contribution < -0.4 is 14.8 Å². The molecule has 17 heteroatoms. The lowest BCUT2D eigenvalue weighted by Crippen LogP contribution is -2.39. The van der Waals surface area contributed by atoms with Crippen molar-refractivity contribution < 1.29 is 36.3 Å². The summed E-state index contributed by atoms with van der Waals surface area (Å²) in [6, 6.07) is 10.3. The summed E-state index contributed by atoms with van der Waals surface area (Å²) in [6.45, 7) is 1.03. The first kappa shape index (κ1) is 31.3. The maximum Gasteiger partial charge on any atom is 0.290 e. The largest absolute Gasteiger partial charge is 0.483 e. The van der Waals surface area contributed by atoms with Crippen molar-refractivity contribution in [1.82, 2.24) is 25.1 Å². The third-order valence-electron chi connectivity index (χ3n) is 6.34. The lowest BCUT2D eigenvalue weighted by atomic mass is 10.0. The van der Waals surface area contributed by atoms with Gasteiger partial charge in [-0.05, 0) is 35.9 Å². The number of H-pyrrole nitrogens is 1. The van der Waals surface area contributed by atoms with Crippen molar-refractivity contribution in [2.45, 2.75) is 6.54 Å². The number of anilines is 2. The van der Waals surface area contributed by atoms with Crippen molar-refractivity contribution in [3.8, 4) is 17.0 Å². The smallest absolute Gasteiger partial charge is 0.290 e. The molecule has 0 aliphatic carbocycles. The molecule has 4 aromatic rings. The number of carbonyl (C=O) groups is 2. The number of sulfonamides is 1. The second-order valence-corrected chi connectivity index (χ2v) is 13.6. The lowest BCUT2D eigenvalue weighted by molar-refractivity contribution is -0.122. The average molecular weight is 632 g/mol. The van der Waals surface area contributed by atoms with E-state index in [9.17, 15) is 21.6 Å². The Morgan fingerprint density at radius 1 is 1.14 bits per heavy atom. The van der Waals surface area contributed by atoms with Crippen LogP contribution in [0.5, 0.6) is 5.88 Å². The fourth-order valence-corrected chi connectivity index (χ4v) is 6.21. The van der Waals surface area contributed by atoms with Crippen LogP contribution in [0.25, 0.3) is 22.0 Å². The quantitative estimate of drug-likeness (QED) is 0.204. The number of amides is 1. The van der Waals surface area contributed by atoms with Gasteiger partial charge >= 0.3 is 0 Å². The zero-order valence-electron chi connectivity index (χ0n) is 23.1. The zero-order chi connectivity index (χ0) is 31.2. The number of pyridine rings is 2. The number of rotatable bonds is 8. The van der Waals surface area contributed by atoms with E-state index in [1.54, 1.807) is 36.5 Å². The molecule has 0 radical (unpaired) electrons. The Kier molecular flexibility index (Phi) is 9.57. The van der Waals surface area contributed by atoms with E-state index in [4.69, 9.17) is 14.6 Å². The minimum Gasteiger partial charge on any atom is -0.483 e. The van der Waals surface area contributed by atoms with Crippen molar-refractivity contribution in [2.75, 3.05) is 48.0 Å². The number of nitrogens with zero attached hydrogens (tertiary/aromatic N) is 4. The topological polar surface area (TPSA) is 214 Å². The van der Waals surface area contributed by atoms with Crippen LogP contribution in [0, 0.1) is 0 Å². The molecule has 1 amide bonds. The number of benzene rings is 1. The van der Waals surface area contributed by atoms with Gasteiger partial charge < -0.3 is 15.2 Å². The molecule has 1 saturated heterocycles. The number of ether oxygens (including phenoxy) is 1. The van der Waals surface area contributed by atoms with E-state index in [0.717, 1.165) is 6.26 Å². The van der Waals surface area contributed by atoms with Gasteiger partial charge in [-0.1, -0.05) is 6.07 Å². The number of hydrogen-bond acceptors (Lipinski definition) is 11. The van der Waals surface area contributed by atoms with Gasteiger partial charge in [-0.2, -0.15) is 5.10 Å². The number of carboxylic acid groups (broad SMARTS) is 1. The summed E-state index contributed by atoms with van der Waals surface area (Å²) in [5, 5.41) is 17.4. The first-order valence-electron chi connectivity index (χ1n) is 12.7. The highest BCUT2D eigenvalue weighted by Gasteiger charge is 2.22. The van der Waals surface area contributed by atoms with Crippen LogP contribution in [-0.2, 0) is 31.2 Å². The van der Waals surface area contributed by atoms with Crippen LogP contribution in [0.1, 0.15) is 16.2 Å². The molecule has 1 fully saturated rings. The molecular weight excluding hydrogens is 602 g/mol. The number of methoxy groups -OCH3 is 1. The third kappa shape index (κ3) is 8.24. The van der Waals surface area contributed by atoms with Crippen molar-refractivity contribution in [1.29, 1.82) is 0 Å². The van der Waals surface area contributed by atoms with Gasteiger partial charge in [-0.3, -0.25) is 24.3 Å². The van der Waals surface area contributed by atoms with Gasteiger partial charge in [0.05, 0.1) is 48.0 Å². The number of fused-ring (bicyclic) bond motifs is 1. The van der Waals surface area contributed by atoms with E-state index in [1.165, 1.54) is 13.3 Å². The Labute approximate surface area is 247 Å². The molecule has 0 atom stereocenters. The Morgan fingerprint density at radius 2 is 1.84 bits per heavy atom. The molecule has 0 saturated carbocycles. The second kappa shape index (κ2) is 13.1. The number of nitrogens with one attached hydrogen (secondary N) is 3. The summed E-state index contributed by atoms with van der Waals surface area (Å²) in [4.78, 5) is 32.3. The summed E-state index contributed by atoms with van der Waals surface area (Å²) in [6.07, 6.45) is 4.15. The Morgan fingerprint density at radius 3 is 2.51 bits per heavy atom. The number of hydrogen-bond donors (Lipinski definition) is 4. The summed E-state index contributed by atoms with van der Waals surface area (Å²) < 4.78 is 54.7. The summed E-state index contributed by atoms with van der Waals surface area (Å²) >= 11 is 0. The molecule has 4 N–H and O–H groups in total. The highest BCUT2D eigenvalue weighted by molar-refractivity contribution is 7.92. The zero-order valence-corrected chi connectivity index (χ0v) is 24.8. The van der Waals surface area contributed by atoms with Gasteiger partial charge in [-0.25, -0.2) is 26.8 Å². The predicted octanol–water partition coefficient (Wildman–Crippen LogP) is 1.58. The lowest BCUT2D eigenvalue weighted by Gasteiger charge is -2.26. The normalized spacial score (nSPS) is 14.7. The maximum atomic E-state index is 13.2.